The van der Waals surface area contributed by atoms with Crippen molar-refractivity contribution < 1.29 is 18.9 Å². The van der Waals surface area contributed by atoms with E-state index in [1.807, 2.05) is 146 Å². The summed E-state index contributed by atoms with van der Waals surface area (Å²) in [6.07, 6.45) is 31.5. The van der Waals surface area contributed by atoms with Crippen LogP contribution in [0.4, 0.5) is 34.1 Å². The Hall–Kier alpha value is -15.6. The van der Waals surface area contributed by atoms with Gasteiger partial charge in [-0.05, 0) is 275 Å². The van der Waals surface area contributed by atoms with E-state index in [0.29, 0.717) is 43.9 Å². The number of anilines is 6. The Morgan fingerprint density at radius 3 is 0.700 bits per heavy atom. The van der Waals surface area contributed by atoms with Crippen LogP contribution in [0.5, 0.6) is 23.0 Å². The van der Waals surface area contributed by atoms with Crippen molar-refractivity contribution in [1.29, 1.82) is 42.1 Å². The Kier molecular flexibility index (Phi) is 35.2. The maximum atomic E-state index is 11.6. The number of allylic oxidation sites excluding steroid dienone is 8. The third-order valence-corrected chi connectivity index (χ3v) is 34.7. The quantitative estimate of drug-likeness (QED) is 0.0196. The third kappa shape index (κ3) is 21.7. The molecule has 0 saturated heterocycles. The number of benzene rings is 11. The molecule has 0 aliphatic heterocycles. The molecule has 0 spiro atoms. The highest BCUT2D eigenvalue weighted by Gasteiger charge is 2.55. The Bertz CT molecular complexity index is 7090. The van der Waals surface area contributed by atoms with Gasteiger partial charge >= 0.3 is 0 Å². The first-order valence-electron chi connectivity index (χ1n) is 53.0. The zero-order chi connectivity index (χ0) is 105. The van der Waals surface area contributed by atoms with Crippen molar-refractivity contribution in [3.05, 3.63) is 377 Å². The highest BCUT2D eigenvalue weighted by Crippen LogP contribution is 2.69. The molecule has 17 rings (SSSR count). The number of rotatable bonds is 48. The number of ether oxygens (including phenoxy) is 4. The number of fused-ring (bicyclic) bond motifs is 10. The molecule has 18 heteroatoms. The lowest BCUT2D eigenvalue weighted by Crippen LogP contribution is -2.30. The van der Waals surface area contributed by atoms with Gasteiger partial charge in [0.1, 0.15) is 93.8 Å². The van der Waals surface area contributed by atoms with Crippen LogP contribution in [-0.4, -0.2) is 28.4 Å². The van der Waals surface area contributed by atoms with Gasteiger partial charge < -0.3 is 28.7 Å². The summed E-state index contributed by atoms with van der Waals surface area (Å²) in [5, 5.41) is 92.1. The molecule has 0 unspecified atom stereocenters. The van der Waals surface area contributed by atoms with E-state index in [1.165, 1.54) is 148 Å². The Balaban J connectivity index is 0.918. The lowest BCUT2D eigenvalue weighted by molar-refractivity contribution is 0.414. The summed E-state index contributed by atoms with van der Waals surface area (Å²) in [5.74, 6) is 2.74. The molecule has 0 amide bonds. The molecular weight excluding hydrogens is 1920 g/mol. The van der Waals surface area contributed by atoms with E-state index < -0.39 is 10.8 Å². The molecule has 0 N–H and O–H groups in total. The highest BCUT2D eigenvalue weighted by molar-refractivity contribution is 7.31. The van der Waals surface area contributed by atoms with Crippen molar-refractivity contribution in [3.63, 3.8) is 0 Å². The van der Waals surface area contributed by atoms with Crippen LogP contribution in [0.15, 0.2) is 289 Å². The van der Waals surface area contributed by atoms with Crippen LogP contribution in [0.3, 0.4) is 0 Å². The van der Waals surface area contributed by atoms with Crippen LogP contribution in [0.25, 0.3) is 62.0 Å². The maximum Gasteiger partial charge on any atom is 0.138 e. The summed E-state index contributed by atoms with van der Waals surface area (Å²) >= 11 is 6.34. The van der Waals surface area contributed by atoms with Crippen LogP contribution in [0.2, 0.25) is 0 Å². The van der Waals surface area contributed by atoms with Gasteiger partial charge in [0.15, 0.2) is 0 Å². The molecule has 750 valence electrons. The summed E-state index contributed by atoms with van der Waals surface area (Å²) < 4.78 is 26.1. The first kappa shape index (κ1) is 106. The monoisotopic (exact) mass is 2040 g/mol. The fraction of sp³-hybridized carbons (Fsp3) is 0.288. The van der Waals surface area contributed by atoms with Crippen LogP contribution >= 0.6 is 45.3 Å². The largest absolute Gasteiger partial charge is 0.497 e. The molecule has 0 bridgehead atoms. The lowest BCUT2D eigenvalue weighted by Gasteiger charge is -2.36. The number of unbranched alkanes of at least 4 members (excludes halogenated alkanes) is 20. The van der Waals surface area contributed by atoms with Crippen LogP contribution in [0.1, 0.15) is 269 Å². The smallest absolute Gasteiger partial charge is 0.138 e. The molecule has 2 aliphatic carbocycles. The molecule has 11 aromatic carbocycles. The molecular formula is C132H124N10O4S4. The molecule has 14 nitrogen and oxygen atoms in total. The van der Waals surface area contributed by atoms with Gasteiger partial charge in [0.25, 0.3) is 0 Å². The first-order chi connectivity index (χ1) is 73.7. The average molecular weight is 2040 g/mol. The molecule has 0 saturated carbocycles. The number of methoxy groups -OCH3 is 4. The summed E-state index contributed by atoms with van der Waals surface area (Å²) in [7, 11) is 6.53. The predicted octanol–water partition coefficient (Wildman–Crippen LogP) is 36.2. The van der Waals surface area contributed by atoms with Crippen LogP contribution < -0.4 is 28.7 Å². The molecule has 150 heavy (non-hydrogen) atoms. The van der Waals surface area contributed by atoms with E-state index in [9.17, 15) is 42.1 Å². The minimum Gasteiger partial charge on any atom is -0.497 e. The van der Waals surface area contributed by atoms with Crippen molar-refractivity contribution in [3.8, 4) is 92.4 Å². The second-order valence-corrected chi connectivity index (χ2v) is 43.2. The van der Waals surface area contributed by atoms with Crippen LogP contribution in [0, 0.1) is 90.6 Å². The number of nitrogens with zero attached hydrogens (tertiary/aromatic N) is 10. The van der Waals surface area contributed by atoms with Gasteiger partial charge in [0, 0.05) is 96.5 Å². The van der Waals surface area contributed by atoms with Gasteiger partial charge in [-0.3, -0.25) is 0 Å². The summed E-state index contributed by atoms with van der Waals surface area (Å²) in [6, 6.07) is 111. The molecule has 0 atom stereocenters. The van der Waals surface area contributed by atoms with Crippen molar-refractivity contribution in [1.82, 2.24) is 0 Å². The number of aryl methyl sites for hydroxylation is 4. The van der Waals surface area contributed by atoms with E-state index in [4.69, 9.17) is 18.9 Å². The van der Waals surface area contributed by atoms with E-state index >= 15 is 0 Å². The number of thiophene rings is 4. The minimum atomic E-state index is -1.09. The Morgan fingerprint density at radius 2 is 0.473 bits per heavy atom. The molecule has 0 radical (unpaired) electrons. The van der Waals surface area contributed by atoms with E-state index in [1.54, 1.807) is 51.1 Å². The molecule has 4 aromatic heterocycles. The molecule has 15 aromatic rings. The van der Waals surface area contributed by atoms with Crippen molar-refractivity contribution in [2.45, 2.75) is 218 Å². The Morgan fingerprint density at radius 1 is 0.253 bits per heavy atom. The third-order valence-electron chi connectivity index (χ3n) is 29.8. The van der Waals surface area contributed by atoms with Gasteiger partial charge in [0.2, 0.25) is 0 Å². The standard InChI is InChI=1S/C132H124N10O4S4/c1-9-13-17-21-25-29-33-89-37-49-99(50-38-89)131(100-51-39-90(40-52-100)34-30-26-22-18-14-10-2)115-77-114-116(78-113(115)127-125(131)129-119(149-127)79-117(147-129)123(97(85-137)86-138)121(95(81-133)82-134)93-45-57-103(58-46-93)141(105-61-69-109(143-5)70-62-105)106-63-71-110(144-6)72-64-106)132(101-53-41-91(42-54-101)35-31-27-23-19-15-11-3,102-55-43-92(44-56-102)36-32-28-24-20-16-12-4)126-128(114)150-120-80-118(148-130(120)126)124(98(87-139)88-140)122(96(83-135)84-136)94-47-59-104(60-48-94)142(107-65-73-111(145-7)74-66-107)108-67-75-112(146-8)76-68-108/h37-80H,9-36H2,1-8H3. The summed E-state index contributed by atoms with van der Waals surface area (Å²) in [4.78, 5) is 7.35. The van der Waals surface area contributed by atoms with E-state index in [-0.39, 0.29) is 44.6 Å². The van der Waals surface area contributed by atoms with Gasteiger partial charge in [0.05, 0.1) is 48.7 Å². The van der Waals surface area contributed by atoms with Crippen LogP contribution in [-0.2, 0) is 36.5 Å². The predicted molar refractivity (Wildman–Crippen MR) is 617 cm³/mol. The second kappa shape index (κ2) is 49.9. The number of hydrogen-bond donors (Lipinski definition) is 0. The topological polar surface area (TPSA) is 234 Å². The zero-order valence-electron chi connectivity index (χ0n) is 86.9. The molecule has 0 fully saturated rings. The second-order valence-electron chi connectivity index (χ2n) is 39.0. The molecule has 4 heterocycles. The van der Waals surface area contributed by atoms with Gasteiger partial charge in [-0.15, -0.1) is 45.3 Å². The minimum absolute atomic E-state index is 0.156. The van der Waals surface area contributed by atoms with E-state index in [2.05, 4.69) is 207 Å². The highest BCUT2D eigenvalue weighted by atomic mass is 32.1. The number of hydrogen-bond acceptors (Lipinski definition) is 18. The molecule has 2 aliphatic rings. The van der Waals surface area contributed by atoms with Gasteiger partial charge in [-0.1, -0.05) is 277 Å². The average Bonchev–Trinajstić information content (AvgIpc) is 1.49. The first-order valence-corrected chi connectivity index (χ1v) is 56.2. The Labute approximate surface area is 900 Å². The fourth-order valence-corrected chi connectivity index (χ4v) is 27.8. The van der Waals surface area contributed by atoms with E-state index in [0.717, 1.165) is 195 Å². The number of nitriles is 8. The summed E-state index contributed by atoms with van der Waals surface area (Å²) in [6.45, 7) is 9.04. The fourth-order valence-electron chi connectivity index (χ4n) is 22.1. The normalized spacial score (nSPS) is 12.0. The van der Waals surface area contributed by atoms with Gasteiger partial charge in [-0.25, -0.2) is 0 Å². The lowest BCUT2D eigenvalue weighted by atomic mass is 9.65. The summed E-state index contributed by atoms with van der Waals surface area (Å²) in [5.41, 5.74) is 18.7. The van der Waals surface area contributed by atoms with Crippen molar-refractivity contribution >= 4 is 121 Å². The van der Waals surface area contributed by atoms with Crippen molar-refractivity contribution in [2.24, 2.45) is 0 Å². The maximum absolute atomic E-state index is 11.6. The SMILES string of the molecule is CCCCCCCCc1ccc(C2(c3ccc(CCCCCCCC)cc3)c3cc4c(cc3-c3sc5cc(C(=C(C#N)C#N)C(=C(C#N)C#N)c6ccc(N(c7ccc(OC)cc7)c7ccc(OC)cc7)cc6)sc5c32)C(c2ccc(CCCCCCCC)cc2)(c2ccc(CCCCCCCC)cc2)c2c-4sc3cc(C(=C(C#N)C#N)C(=C(C#N)C#N)c4ccc(N(c5ccc(OC)cc5)c5ccc(OC)cc5)cc4)sc23)cc1. The zero-order valence-corrected chi connectivity index (χ0v) is 90.2. The van der Waals surface area contributed by atoms with Crippen molar-refractivity contribution in [2.75, 3.05) is 38.2 Å². The van der Waals surface area contributed by atoms with Gasteiger partial charge in [-0.2, -0.15) is 42.1 Å².